The number of carbonyl (C=O) groups excluding carboxylic acids is 3. The van der Waals surface area contributed by atoms with E-state index in [2.05, 4.69) is 13.8 Å². The highest BCUT2D eigenvalue weighted by molar-refractivity contribution is 6.23. The molecule has 8 heteroatoms. The van der Waals surface area contributed by atoms with Gasteiger partial charge in [-0.25, -0.2) is 4.79 Å². The highest BCUT2D eigenvalue weighted by atomic mass is 16.5. The lowest BCUT2D eigenvalue weighted by atomic mass is 9.63. The van der Waals surface area contributed by atoms with Gasteiger partial charge in [0.15, 0.2) is 5.78 Å². The molecule has 2 aliphatic heterocycles. The van der Waals surface area contributed by atoms with Crippen LogP contribution in [-0.4, -0.2) is 30.8 Å². The van der Waals surface area contributed by atoms with Crippen LogP contribution in [0.2, 0.25) is 0 Å². The number of anilines is 1. The van der Waals surface area contributed by atoms with Crippen molar-refractivity contribution < 1.29 is 28.3 Å². The van der Waals surface area contributed by atoms with Crippen LogP contribution in [0.1, 0.15) is 57.3 Å². The molecule has 0 unspecified atom stereocenters. The summed E-state index contributed by atoms with van der Waals surface area (Å²) in [6.07, 6.45) is 2.74. The number of allylic oxidation sites excluding steroid dienone is 1. The predicted molar refractivity (Wildman–Crippen MR) is 132 cm³/mol. The van der Waals surface area contributed by atoms with Crippen LogP contribution in [0.3, 0.4) is 0 Å². The number of hydrogen-bond acceptors (Lipinski definition) is 7. The number of ketones is 1. The number of esters is 1. The lowest BCUT2D eigenvalue weighted by molar-refractivity contribution is -0.141. The van der Waals surface area contributed by atoms with E-state index in [0.29, 0.717) is 41.7 Å². The number of carbonyl (C=O) groups is 3. The number of amides is 1. The van der Waals surface area contributed by atoms with Crippen molar-refractivity contribution in [3.8, 4) is 0 Å². The Hall–Kier alpha value is -3.81. The minimum atomic E-state index is -1.72. The zero-order valence-electron chi connectivity index (χ0n) is 20.7. The number of nitrogens with two attached hydrogens (primary N) is 1. The summed E-state index contributed by atoms with van der Waals surface area (Å²) < 4.78 is 16.9. The van der Waals surface area contributed by atoms with Gasteiger partial charge in [0.25, 0.3) is 0 Å². The van der Waals surface area contributed by atoms with Gasteiger partial charge in [0.05, 0.1) is 18.4 Å². The zero-order valence-corrected chi connectivity index (χ0v) is 20.7. The van der Waals surface area contributed by atoms with Gasteiger partial charge in [-0.15, -0.1) is 0 Å². The maximum Gasteiger partial charge on any atom is 0.341 e. The summed E-state index contributed by atoms with van der Waals surface area (Å²) in [6, 6.07) is 10.9. The molecule has 8 nitrogen and oxygen atoms in total. The lowest BCUT2D eigenvalue weighted by Gasteiger charge is -2.40. The fraction of sp³-hybridized carbons (Fsp3) is 0.393. The Morgan fingerprint density at radius 2 is 1.97 bits per heavy atom. The number of furan rings is 1. The molecule has 1 spiro atoms. The maximum atomic E-state index is 14.5. The van der Waals surface area contributed by atoms with E-state index >= 15 is 0 Å². The molecule has 0 saturated carbocycles. The van der Waals surface area contributed by atoms with E-state index in [0.717, 1.165) is 6.42 Å². The van der Waals surface area contributed by atoms with Crippen LogP contribution < -0.4 is 10.6 Å². The van der Waals surface area contributed by atoms with E-state index in [9.17, 15) is 14.4 Å². The third-order valence-corrected chi connectivity index (χ3v) is 7.17. The van der Waals surface area contributed by atoms with Gasteiger partial charge in [0.2, 0.25) is 11.8 Å². The minimum Gasteiger partial charge on any atom is -0.469 e. The van der Waals surface area contributed by atoms with Crippen molar-refractivity contribution in [2.75, 3.05) is 18.1 Å². The number of fused-ring (bicyclic) bond motifs is 3. The smallest absolute Gasteiger partial charge is 0.341 e. The lowest BCUT2D eigenvalue weighted by Crippen LogP contribution is -2.51. The first-order valence-corrected chi connectivity index (χ1v) is 12.4. The molecule has 1 aliphatic carbocycles. The van der Waals surface area contributed by atoms with E-state index in [4.69, 9.17) is 19.6 Å². The second kappa shape index (κ2) is 9.00. The largest absolute Gasteiger partial charge is 0.469 e. The van der Waals surface area contributed by atoms with Crippen LogP contribution in [0.4, 0.5) is 5.69 Å². The molecule has 1 aromatic carbocycles. The van der Waals surface area contributed by atoms with E-state index in [1.807, 2.05) is 18.2 Å². The first-order chi connectivity index (χ1) is 17.3. The summed E-state index contributed by atoms with van der Waals surface area (Å²) >= 11 is 0. The van der Waals surface area contributed by atoms with Crippen molar-refractivity contribution in [2.24, 2.45) is 11.7 Å². The Morgan fingerprint density at radius 1 is 1.19 bits per heavy atom. The van der Waals surface area contributed by atoms with Crippen molar-refractivity contribution in [2.45, 2.75) is 51.4 Å². The molecule has 2 N–H and O–H groups in total. The van der Waals surface area contributed by atoms with Crippen LogP contribution in [0.5, 0.6) is 0 Å². The van der Waals surface area contributed by atoms with Gasteiger partial charge in [-0.1, -0.05) is 32.0 Å². The van der Waals surface area contributed by atoms with E-state index in [-0.39, 0.29) is 47.7 Å². The quantitative estimate of drug-likeness (QED) is 0.608. The summed E-state index contributed by atoms with van der Waals surface area (Å²) in [5, 5.41) is 0. The third kappa shape index (κ3) is 3.46. The highest BCUT2D eigenvalue weighted by Crippen LogP contribution is 2.57. The average molecular weight is 491 g/mol. The van der Waals surface area contributed by atoms with Gasteiger partial charge in [-0.3, -0.25) is 9.59 Å². The molecular weight excluding hydrogens is 460 g/mol. The zero-order chi connectivity index (χ0) is 25.6. The standard InChI is InChI=1S/C28H30N2O6/c1-4-34-26(32)24-25(29)36-22-15-17(21-10-7-13-35-21)14-20(31)23(22)28(24)18-8-5-6-9-19(18)30(27(28)33)12-11-16(2)3/h5-10,13,16-17H,4,11-12,14-15,29H2,1-3H3/t17-,28-/m1/s1. The van der Waals surface area contributed by atoms with E-state index in [1.54, 1.807) is 36.3 Å². The van der Waals surface area contributed by atoms with E-state index < -0.39 is 11.4 Å². The first kappa shape index (κ1) is 23.9. The van der Waals surface area contributed by atoms with Crippen LogP contribution in [-0.2, 0) is 29.3 Å². The predicted octanol–water partition coefficient (Wildman–Crippen LogP) is 4.07. The average Bonchev–Trinajstić information content (AvgIpc) is 3.45. The molecule has 188 valence electrons. The van der Waals surface area contributed by atoms with Crippen molar-refractivity contribution in [1.82, 2.24) is 0 Å². The van der Waals surface area contributed by atoms with Crippen molar-refractivity contribution in [1.29, 1.82) is 0 Å². The Balaban J connectivity index is 1.74. The van der Waals surface area contributed by atoms with Gasteiger partial charge in [-0.05, 0) is 37.5 Å². The number of ether oxygens (including phenoxy) is 2. The Morgan fingerprint density at radius 3 is 2.67 bits per heavy atom. The van der Waals surface area contributed by atoms with Gasteiger partial charge >= 0.3 is 5.97 Å². The molecule has 0 radical (unpaired) electrons. The molecule has 36 heavy (non-hydrogen) atoms. The molecule has 0 fully saturated rings. The number of hydrogen-bond donors (Lipinski definition) is 1. The number of para-hydroxylation sites is 1. The molecule has 3 aliphatic rings. The molecule has 1 aromatic heterocycles. The second-order valence-corrected chi connectivity index (χ2v) is 9.81. The SMILES string of the molecule is CCOC(=O)C1=C(N)OC2=C(C(=O)C[C@@H](c3ccco3)C2)[C@@]12C(=O)N(CCC(C)C)c1ccccc12. The summed E-state index contributed by atoms with van der Waals surface area (Å²) in [4.78, 5) is 43.4. The second-order valence-electron chi connectivity index (χ2n) is 9.81. The van der Waals surface area contributed by atoms with Crippen LogP contribution in [0.25, 0.3) is 0 Å². The van der Waals surface area contributed by atoms with Gasteiger partial charge in [-0.2, -0.15) is 0 Å². The summed E-state index contributed by atoms with van der Waals surface area (Å²) in [5.41, 5.74) is 5.92. The molecule has 2 aromatic rings. The molecule has 3 heterocycles. The molecule has 0 bridgehead atoms. The molecule has 1 amide bonds. The molecular formula is C28H30N2O6. The Bertz CT molecular complexity index is 1290. The van der Waals surface area contributed by atoms with Crippen LogP contribution in [0, 0.1) is 5.92 Å². The van der Waals surface area contributed by atoms with Crippen molar-refractivity contribution in [3.05, 3.63) is 76.8 Å². The fourth-order valence-electron chi connectivity index (χ4n) is 5.61. The van der Waals surface area contributed by atoms with E-state index in [1.165, 1.54) is 0 Å². The van der Waals surface area contributed by atoms with Crippen molar-refractivity contribution in [3.63, 3.8) is 0 Å². The first-order valence-electron chi connectivity index (χ1n) is 12.4. The van der Waals surface area contributed by atoms with Gasteiger partial charge in [0, 0.05) is 36.6 Å². The maximum absolute atomic E-state index is 14.5. The molecule has 0 saturated heterocycles. The summed E-state index contributed by atoms with van der Waals surface area (Å²) in [6.45, 7) is 6.36. The Kier molecular flexibility index (Phi) is 5.98. The van der Waals surface area contributed by atoms with Crippen LogP contribution in [0.15, 0.2) is 69.9 Å². The third-order valence-electron chi connectivity index (χ3n) is 7.17. The normalized spacial score (nSPS) is 23.3. The molecule has 2 atom stereocenters. The fourth-order valence-corrected chi connectivity index (χ4v) is 5.61. The summed E-state index contributed by atoms with van der Waals surface area (Å²) in [7, 11) is 0. The Labute approximate surface area is 209 Å². The van der Waals surface area contributed by atoms with Gasteiger partial charge in [0.1, 0.15) is 22.5 Å². The minimum absolute atomic E-state index is 0.0824. The topological polar surface area (TPSA) is 112 Å². The van der Waals surface area contributed by atoms with Crippen LogP contribution >= 0.6 is 0 Å². The van der Waals surface area contributed by atoms with Gasteiger partial charge < -0.3 is 24.5 Å². The number of Topliss-reactive ketones (excluding diaryl/α,β-unsaturated/α-hetero) is 1. The summed E-state index contributed by atoms with van der Waals surface area (Å²) in [5.74, 6) is -0.595. The number of benzene rings is 1. The van der Waals surface area contributed by atoms with Crippen molar-refractivity contribution >= 4 is 23.3 Å². The highest BCUT2D eigenvalue weighted by Gasteiger charge is 2.64. The monoisotopic (exact) mass is 490 g/mol. The number of nitrogens with zero attached hydrogens (tertiary/aromatic N) is 1. The number of rotatable bonds is 6. The molecule has 5 rings (SSSR count).